The van der Waals surface area contributed by atoms with Crippen molar-refractivity contribution in [1.82, 2.24) is 4.98 Å². The summed E-state index contributed by atoms with van der Waals surface area (Å²) in [5, 5.41) is 2.58. The SMILES string of the molecule is Cc1coc(-c2cccc(NC(=O)c3cccc(C(F)(F)F)c3)c2)n1. The van der Waals surface area contributed by atoms with Crippen molar-refractivity contribution in [3.8, 4) is 11.5 Å². The van der Waals surface area contributed by atoms with Crippen molar-refractivity contribution in [2.45, 2.75) is 13.1 Å². The number of alkyl halides is 3. The molecule has 128 valence electrons. The molecule has 0 saturated carbocycles. The molecule has 3 aromatic rings. The average Bonchev–Trinajstić information content (AvgIpc) is 3.01. The summed E-state index contributed by atoms with van der Waals surface area (Å²) in [5.41, 5.74) is 0.843. The van der Waals surface area contributed by atoms with Gasteiger partial charge >= 0.3 is 6.18 Å². The predicted molar refractivity (Wildman–Crippen MR) is 86.1 cm³/mol. The zero-order chi connectivity index (χ0) is 18.0. The Morgan fingerprint density at radius 1 is 1.12 bits per heavy atom. The topological polar surface area (TPSA) is 55.1 Å². The van der Waals surface area contributed by atoms with Gasteiger partial charge in [0.25, 0.3) is 5.91 Å². The van der Waals surface area contributed by atoms with Gasteiger partial charge in [0.2, 0.25) is 5.89 Å². The number of oxazole rings is 1. The number of rotatable bonds is 3. The largest absolute Gasteiger partial charge is 0.444 e. The van der Waals surface area contributed by atoms with Crippen molar-refractivity contribution in [1.29, 1.82) is 0 Å². The Bertz CT molecular complexity index is 916. The molecule has 0 aliphatic carbocycles. The number of anilines is 1. The number of hydrogen-bond acceptors (Lipinski definition) is 3. The van der Waals surface area contributed by atoms with Gasteiger partial charge in [-0.2, -0.15) is 13.2 Å². The van der Waals surface area contributed by atoms with Crippen molar-refractivity contribution in [2.75, 3.05) is 5.32 Å². The van der Waals surface area contributed by atoms with Gasteiger partial charge in [0, 0.05) is 16.8 Å². The summed E-state index contributed by atoms with van der Waals surface area (Å²) in [6, 6.07) is 11.0. The van der Waals surface area contributed by atoms with Crippen LogP contribution in [-0.2, 0) is 6.18 Å². The Balaban J connectivity index is 1.82. The Kier molecular flexibility index (Phi) is 4.31. The second-order valence-electron chi connectivity index (χ2n) is 5.41. The molecule has 0 saturated heterocycles. The fraction of sp³-hybridized carbons (Fsp3) is 0.111. The van der Waals surface area contributed by atoms with Crippen LogP contribution in [0, 0.1) is 6.92 Å². The molecule has 2 aromatic carbocycles. The molecule has 0 aliphatic heterocycles. The number of benzene rings is 2. The molecule has 0 radical (unpaired) electrons. The molecule has 3 rings (SSSR count). The van der Waals surface area contributed by atoms with Crippen LogP contribution in [0.2, 0.25) is 0 Å². The number of carbonyl (C=O) groups is 1. The van der Waals surface area contributed by atoms with Crippen LogP contribution >= 0.6 is 0 Å². The molecular formula is C18H13F3N2O2. The number of aromatic nitrogens is 1. The first-order valence-electron chi connectivity index (χ1n) is 7.34. The zero-order valence-corrected chi connectivity index (χ0v) is 13.1. The van der Waals surface area contributed by atoms with E-state index in [1.165, 1.54) is 18.4 Å². The number of carbonyl (C=O) groups excluding carboxylic acids is 1. The smallest absolute Gasteiger partial charge is 0.416 e. The second-order valence-corrected chi connectivity index (χ2v) is 5.41. The lowest BCUT2D eigenvalue weighted by Gasteiger charge is -2.09. The molecule has 1 amide bonds. The third kappa shape index (κ3) is 3.88. The number of nitrogens with one attached hydrogen (secondary N) is 1. The number of hydrogen-bond donors (Lipinski definition) is 1. The van der Waals surface area contributed by atoms with Gasteiger partial charge in [0.1, 0.15) is 6.26 Å². The maximum atomic E-state index is 12.8. The molecule has 0 atom stereocenters. The second kappa shape index (κ2) is 6.43. The minimum Gasteiger partial charge on any atom is -0.444 e. The van der Waals surface area contributed by atoms with Crippen molar-refractivity contribution in [2.24, 2.45) is 0 Å². The third-order valence-corrected chi connectivity index (χ3v) is 3.44. The van der Waals surface area contributed by atoms with Gasteiger partial charge in [-0.15, -0.1) is 0 Å². The van der Waals surface area contributed by atoms with Crippen molar-refractivity contribution >= 4 is 11.6 Å². The van der Waals surface area contributed by atoms with Crippen LogP contribution in [-0.4, -0.2) is 10.9 Å². The Morgan fingerprint density at radius 3 is 2.56 bits per heavy atom. The van der Waals surface area contributed by atoms with E-state index >= 15 is 0 Å². The van der Waals surface area contributed by atoms with E-state index in [2.05, 4.69) is 10.3 Å². The molecule has 25 heavy (non-hydrogen) atoms. The van der Waals surface area contributed by atoms with Crippen molar-refractivity contribution in [3.05, 3.63) is 71.6 Å². The summed E-state index contributed by atoms with van der Waals surface area (Å²) in [7, 11) is 0. The summed E-state index contributed by atoms with van der Waals surface area (Å²) in [5.74, 6) is -0.237. The van der Waals surface area contributed by atoms with Crippen molar-refractivity contribution < 1.29 is 22.4 Å². The summed E-state index contributed by atoms with van der Waals surface area (Å²) in [6.45, 7) is 1.78. The van der Waals surface area contributed by atoms with Gasteiger partial charge < -0.3 is 9.73 Å². The summed E-state index contributed by atoms with van der Waals surface area (Å²) in [4.78, 5) is 16.4. The molecule has 0 spiro atoms. The maximum Gasteiger partial charge on any atom is 0.416 e. The molecule has 0 aliphatic rings. The van der Waals surface area contributed by atoms with E-state index < -0.39 is 17.6 Å². The predicted octanol–water partition coefficient (Wildman–Crippen LogP) is 4.92. The van der Waals surface area contributed by atoms with E-state index in [4.69, 9.17) is 4.42 Å². The normalized spacial score (nSPS) is 11.4. The highest BCUT2D eigenvalue weighted by molar-refractivity contribution is 6.04. The summed E-state index contributed by atoms with van der Waals surface area (Å²) in [6.07, 6.45) is -3.00. The van der Waals surface area contributed by atoms with Crippen LogP contribution in [0.3, 0.4) is 0 Å². The first-order valence-corrected chi connectivity index (χ1v) is 7.34. The lowest BCUT2D eigenvalue weighted by Crippen LogP contribution is -2.13. The van der Waals surface area contributed by atoms with Gasteiger partial charge in [-0.1, -0.05) is 12.1 Å². The quantitative estimate of drug-likeness (QED) is 0.732. The summed E-state index contributed by atoms with van der Waals surface area (Å²) >= 11 is 0. The monoisotopic (exact) mass is 346 g/mol. The molecule has 0 bridgehead atoms. The van der Waals surface area contributed by atoms with E-state index in [-0.39, 0.29) is 5.56 Å². The molecule has 7 heteroatoms. The van der Waals surface area contributed by atoms with Crippen LogP contribution < -0.4 is 5.32 Å². The molecule has 4 nitrogen and oxygen atoms in total. The first-order chi connectivity index (χ1) is 11.8. The van der Waals surface area contributed by atoms with Gasteiger partial charge in [0.05, 0.1) is 11.3 Å². The highest BCUT2D eigenvalue weighted by Crippen LogP contribution is 2.30. The number of aryl methyl sites for hydroxylation is 1. The van der Waals surface area contributed by atoms with Gasteiger partial charge in [-0.3, -0.25) is 4.79 Å². The van der Waals surface area contributed by atoms with Crippen molar-refractivity contribution in [3.63, 3.8) is 0 Å². The highest BCUT2D eigenvalue weighted by Gasteiger charge is 2.30. The van der Waals surface area contributed by atoms with Crippen LogP contribution in [0.15, 0.2) is 59.2 Å². The standard InChI is InChI=1S/C18H13F3N2O2/c1-11-10-25-17(22-11)13-5-3-7-15(9-13)23-16(24)12-4-2-6-14(8-12)18(19,20)21/h2-10H,1H3,(H,23,24). The van der Waals surface area contributed by atoms with Gasteiger partial charge in [-0.25, -0.2) is 4.98 Å². The minimum absolute atomic E-state index is 0.0767. The Hall–Kier alpha value is -3.09. The molecular weight excluding hydrogens is 333 g/mol. The number of nitrogens with zero attached hydrogens (tertiary/aromatic N) is 1. The van der Waals surface area contributed by atoms with Crippen LogP contribution in [0.4, 0.5) is 18.9 Å². The zero-order valence-electron chi connectivity index (χ0n) is 13.1. The average molecular weight is 346 g/mol. The van der Waals surface area contributed by atoms with Crippen LogP contribution in [0.25, 0.3) is 11.5 Å². The molecule has 1 aromatic heterocycles. The molecule has 1 N–H and O–H groups in total. The Labute approximate surface area is 141 Å². The molecule has 0 fully saturated rings. The van der Waals surface area contributed by atoms with E-state index in [1.54, 1.807) is 31.2 Å². The lowest BCUT2D eigenvalue weighted by atomic mass is 10.1. The lowest BCUT2D eigenvalue weighted by molar-refractivity contribution is -0.137. The van der Waals surface area contributed by atoms with Gasteiger partial charge in [-0.05, 0) is 43.3 Å². The Morgan fingerprint density at radius 2 is 1.88 bits per heavy atom. The van der Waals surface area contributed by atoms with E-state index in [0.29, 0.717) is 22.8 Å². The highest BCUT2D eigenvalue weighted by atomic mass is 19.4. The van der Waals surface area contributed by atoms with Gasteiger partial charge in [0.15, 0.2) is 0 Å². The molecule has 1 heterocycles. The van der Waals surface area contributed by atoms with Crippen LogP contribution in [0.5, 0.6) is 0 Å². The first kappa shape index (κ1) is 16.8. The third-order valence-electron chi connectivity index (χ3n) is 3.44. The minimum atomic E-state index is -4.50. The maximum absolute atomic E-state index is 12.8. The van der Waals surface area contributed by atoms with E-state index in [1.807, 2.05) is 0 Å². The van der Waals surface area contributed by atoms with Crippen LogP contribution in [0.1, 0.15) is 21.6 Å². The fourth-order valence-corrected chi connectivity index (χ4v) is 2.26. The van der Waals surface area contributed by atoms with E-state index in [0.717, 1.165) is 12.1 Å². The molecule has 0 unspecified atom stereocenters. The fourth-order valence-electron chi connectivity index (χ4n) is 2.26. The number of amides is 1. The van der Waals surface area contributed by atoms with E-state index in [9.17, 15) is 18.0 Å². The number of halogens is 3. The summed E-state index contributed by atoms with van der Waals surface area (Å²) < 4.78 is 43.6.